The number of nitrogens with one attached hydrogen (secondary N) is 1. The number of anilines is 1. The van der Waals surface area contributed by atoms with Crippen LogP contribution in [0.4, 0.5) is 11.4 Å². The summed E-state index contributed by atoms with van der Waals surface area (Å²) < 4.78 is 1.66. The molecule has 0 fully saturated rings. The smallest absolute Gasteiger partial charge is 0.292 e. The Bertz CT molecular complexity index is 914. The maximum absolute atomic E-state index is 12.0. The first kappa shape index (κ1) is 17.6. The zero-order chi connectivity index (χ0) is 18.4. The van der Waals surface area contributed by atoms with Crippen molar-refractivity contribution < 1.29 is 9.72 Å². The van der Waals surface area contributed by atoms with Crippen molar-refractivity contribution in [2.75, 3.05) is 11.1 Å². The highest BCUT2D eigenvalue weighted by Crippen LogP contribution is 2.23. The fourth-order valence-electron chi connectivity index (χ4n) is 2.21. The van der Waals surface area contributed by atoms with E-state index in [1.807, 2.05) is 30.3 Å². The molecule has 0 aliphatic carbocycles. The van der Waals surface area contributed by atoms with E-state index < -0.39 is 4.92 Å². The van der Waals surface area contributed by atoms with Gasteiger partial charge in [-0.2, -0.15) is 0 Å². The van der Waals surface area contributed by atoms with Crippen LogP contribution in [-0.4, -0.2) is 31.3 Å². The first-order chi connectivity index (χ1) is 12.6. The predicted molar refractivity (Wildman–Crippen MR) is 98.4 cm³/mol. The van der Waals surface area contributed by atoms with E-state index in [9.17, 15) is 14.9 Å². The first-order valence-corrected chi connectivity index (χ1v) is 8.75. The largest absolute Gasteiger partial charge is 0.320 e. The van der Waals surface area contributed by atoms with Gasteiger partial charge in [-0.3, -0.25) is 14.9 Å². The van der Waals surface area contributed by atoms with Crippen LogP contribution >= 0.6 is 11.8 Å². The molecule has 0 aliphatic rings. The Labute approximate surface area is 153 Å². The van der Waals surface area contributed by atoms with Gasteiger partial charge in [0, 0.05) is 18.2 Å². The van der Waals surface area contributed by atoms with Crippen molar-refractivity contribution in [3.05, 3.63) is 71.0 Å². The summed E-state index contributed by atoms with van der Waals surface area (Å²) in [7, 11) is 0. The van der Waals surface area contributed by atoms with Crippen molar-refractivity contribution >= 4 is 29.0 Å². The van der Waals surface area contributed by atoms with Gasteiger partial charge < -0.3 is 5.32 Å². The molecule has 0 saturated heterocycles. The number of nitro groups is 1. The van der Waals surface area contributed by atoms with E-state index in [1.165, 1.54) is 23.9 Å². The molecule has 8 nitrogen and oxygen atoms in total. The summed E-state index contributed by atoms with van der Waals surface area (Å²) in [6.45, 7) is 0. The molecule has 0 unspecified atom stereocenters. The number of nitrogens with zero attached hydrogens (tertiary/aromatic N) is 4. The third-order valence-electron chi connectivity index (χ3n) is 3.43. The van der Waals surface area contributed by atoms with Crippen molar-refractivity contribution in [1.29, 1.82) is 0 Å². The summed E-state index contributed by atoms with van der Waals surface area (Å²) >= 11 is 1.35. The van der Waals surface area contributed by atoms with Gasteiger partial charge in [0.1, 0.15) is 12.0 Å². The van der Waals surface area contributed by atoms with Gasteiger partial charge in [-0.15, -0.1) is 5.10 Å². The Hall–Kier alpha value is -3.20. The van der Waals surface area contributed by atoms with E-state index in [2.05, 4.69) is 15.4 Å². The number of aromatic nitrogens is 3. The van der Waals surface area contributed by atoms with Gasteiger partial charge in [-0.1, -0.05) is 42.1 Å². The van der Waals surface area contributed by atoms with Crippen LogP contribution in [0.25, 0.3) is 5.69 Å². The summed E-state index contributed by atoms with van der Waals surface area (Å²) in [6.07, 6.45) is 1.81. The second-order valence-corrected chi connectivity index (χ2v) is 6.29. The SMILES string of the molecule is O=C(CCSc1ncn(-c2ccccc2)n1)Nc1ccccc1[N+](=O)[O-]. The second kappa shape index (κ2) is 8.26. The van der Waals surface area contributed by atoms with Crippen LogP contribution in [0.5, 0.6) is 0 Å². The quantitative estimate of drug-likeness (QED) is 0.389. The van der Waals surface area contributed by atoms with E-state index >= 15 is 0 Å². The molecule has 3 rings (SSSR count). The molecule has 0 saturated carbocycles. The molecule has 1 N–H and O–H groups in total. The normalized spacial score (nSPS) is 10.5. The minimum atomic E-state index is -0.523. The molecule has 0 aliphatic heterocycles. The van der Waals surface area contributed by atoms with Gasteiger partial charge in [0.15, 0.2) is 0 Å². The second-order valence-electron chi connectivity index (χ2n) is 5.23. The van der Waals surface area contributed by atoms with Crippen molar-refractivity contribution in [2.24, 2.45) is 0 Å². The zero-order valence-electron chi connectivity index (χ0n) is 13.6. The molecule has 132 valence electrons. The summed E-state index contributed by atoms with van der Waals surface area (Å²) in [5.41, 5.74) is 0.969. The number of rotatable bonds is 7. The number of hydrogen-bond acceptors (Lipinski definition) is 6. The average Bonchev–Trinajstić information content (AvgIpc) is 3.11. The monoisotopic (exact) mass is 369 g/mol. The highest BCUT2D eigenvalue weighted by molar-refractivity contribution is 7.99. The molecule has 0 spiro atoms. The van der Waals surface area contributed by atoms with Crippen LogP contribution in [0.15, 0.2) is 66.1 Å². The first-order valence-electron chi connectivity index (χ1n) is 7.76. The van der Waals surface area contributed by atoms with Gasteiger partial charge in [0.2, 0.25) is 11.1 Å². The number of hydrogen-bond donors (Lipinski definition) is 1. The highest BCUT2D eigenvalue weighted by atomic mass is 32.2. The van der Waals surface area contributed by atoms with Crippen molar-refractivity contribution in [3.63, 3.8) is 0 Å². The number of thioether (sulfide) groups is 1. The number of benzene rings is 2. The van der Waals surface area contributed by atoms with E-state index in [-0.39, 0.29) is 23.7 Å². The zero-order valence-corrected chi connectivity index (χ0v) is 14.4. The third kappa shape index (κ3) is 4.45. The van der Waals surface area contributed by atoms with Crippen molar-refractivity contribution in [1.82, 2.24) is 14.8 Å². The molecule has 0 radical (unpaired) electrons. The maximum Gasteiger partial charge on any atom is 0.292 e. The number of para-hydroxylation sites is 3. The molecule has 0 bridgehead atoms. The average molecular weight is 369 g/mol. The molecule has 26 heavy (non-hydrogen) atoms. The van der Waals surface area contributed by atoms with E-state index in [1.54, 1.807) is 23.1 Å². The van der Waals surface area contributed by atoms with E-state index in [4.69, 9.17) is 0 Å². The highest BCUT2D eigenvalue weighted by Gasteiger charge is 2.14. The molecular weight excluding hydrogens is 354 g/mol. The molecule has 1 amide bonds. The number of nitro benzene ring substituents is 1. The number of amides is 1. The van der Waals surface area contributed by atoms with Gasteiger partial charge in [0.05, 0.1) is 10.6 Å². The summed E-state index contributed by atoms with van der Waals surface area (Å²) in [6, 6.07) is 15.6. The van der Waals surface area contributed by atoms with Crippen LogP contribution in [0.2, 0.25) is 0 Å². The molecule has 3 aromatic rings. The van der Waals surface area contributed by atoms with Gasteiger partial charge >= 0.3 is 0 Å². The van der Waals surface area contributed by atoms with Crippen molar-refractivity contribution in [2.45, 2.75) is 11.6 Å². The van der Waals surface area contributed by atoms with Crippen LogP contribution in [-0.2, 0) is 4.79 Å². The van der Waals surface area contributed by atoms with E-state index in [0.717, 1.165) is 5.69 Å². The lowest BCUT2D eigenvalue weighted by molar-refractivity contribution is -0.383. The molecule has 0 atom stereocenters. The minimum Gasteiger partial charge on any atom is -0.320 e. The maximum atomic E-state index is 12.0. The van der Waals surface area contributed by atoms with Gasteiger partial charge in [-0.25, -0.2) is 9.67 Å². The Balaban J connectivity index is 1.52. The Morgan fingerprint density at radius 1 is 1.15 bits per heavy atom. The van der Waals surface area contributed by atoms with Crippen LogP contribution in [0, 0.1) is 10.1 Å². The molecule has 9 heteroatoms. The van der Waals surface area contributed by atoms with Gasteiger partial charge in [0.25, 0.3) is 5.69 Å². The number of carbonyl (C=O) groups excluding carboxylic acids is 1. The van der Waals surface area contributed by atoms with Crippen LogP contribution < -0.4 is 5.32 Å². The van der Waals surface area contributed by atoms with E-state index in [0.29, 0.717) is 10.9 Å². The Morgan fingerprint density at radius 3 is 2.65 bits per heavy atom. The third-order valence-corrected chi connectivity index (χ3v) is 4.28. The topological polar surface area (TPSA) is 103 Å². The Kier molecular flexibility index (Phi) is 5.59. The van der Waals surface area contributed by atoms with Crippen molar-refractivity contribution in [3.8, 4) is 5.69 Å². The minimum absolute atomic E-state index is 0.128. The van der Waals surface area contributed by atoms with Crippen LogP contribution in [0.1, 0.15) is 6.42 Å². The summed E-state index contributed by atoms with van der Waals surface area (Å²) in [5.74, 6) is 0.167. The molecule has 1 heterocycles. The summed E-state index contributed by atoms with van der Waals surface area (Å²) in [5, 5.41) is 18.4. The molecular formula is C17H15N5O3S. The standard InChI is InChI=1S/C17H15N5O3S/c23-16(19-14-8-4-5-9-15(14)22(24)25)10-11-26-17-18-12-21(20-17)13-6-2-1-3-7-13/h1-9,12H,10-11H2,(H,19,23). The Morgan fingerprint density at radius 2 is 1.88 bits per heavy atom. The number of carbonyl (C=O) groups is 1. The molecule has 1 aromatic heterocycles. The fraction of sp³-hybridized carbons (Fsp3) is 0.118. The molecule has 2 aromatic carbocycles. The fourth-order valence-corrected chi connectivity index (χ4v) is 2.94. The van der Waals surface area contributed by atoms with Gasteiger partial charge in [-0.05, 0) is 18.2 Å². The lowest BCUT2D eigenvalue weighted by Gasteiger charge is -2.05. The van der Waals surface area contributed by atoms with Crippen LogP contribution in [0.3, 0.4) is 0 Å². The lowest BCUT2D eigenvalue weighted by Crippen LogP contribution is -2.13. The predicted octanol–water partition coefficient (Wildman–Crippen LogP) is 3.30. The summed E-state index contributed by atoms with van der Waals surface area (Å²) in [4.78, 5) is 26.6. The lowest BCUT2D eigenvalue weighted by atomic mass is 10.2.